The van der Waals surface area contributed by atoms with Crippen LogP contribution in [0.15, 0.2) is 59.4 Å². The Balaban J connectivity index is 2.20. The number of rotatable bonds is 6. The molecule has 0 aliphatic heterocycles. The number of nitro benzene ring substituents is 1. The van der Waals surface area contributed by atoms with Crippen molar-refractivity contribution in [1.29, 1.82) is 0 Å². The predicted molar refractivity (Wildman–Crippen MR) is 107 cm³/mol. The van der Waals surface area contributed by atoms with Gasteiger partial charge in [0.1, 0.15) is 11.4 Å². The van der Waals surface area contributed by atoms with Gasteiger partial charge >= 0.3 is 0 Å². The van der Waals surface area contributed by atoms with E-state index in [1.165, 1.54) is 28.9 Å². The minimum Gasteiger partial charge on any atom is -0.497 e. The van der Waals surface area contributed by atoms with Gasteiger partial charge in [0.25, 0.3) is 11.2 Å². The maximum absolute atomic E-state index is 13.0. The van der Waals surface area contributed by atoms with Crippen LogP contribution in [0.25, 0.3) is 16.9 Å². The van der Waals surface area contributed by atoms with E-state index >= 15 is 0 Å². The number of aromatic nitrogens is 2. The van der Waals surface area contributed by atoms with Gasteiger partial charge < -0.3 is 9.64 Å². The second-order valence-electron chi connectivity index (χ2n) is 6.15. The van der Waals surface area contributed by atoms with Crippen LogP contribution in [0.5, 0.6) is 5.75 Å². The minimum absolute atomic E-state index is 0.0494. The van der Waals surface area contributed by atoms with Crippen LogP contribution in [0.1, 0.15) is 6.92 Å². The second kappa shape index (κ2) is 7.91. The van der Waals surface area contributed by atoms with Crippen molar-refractivity contribution in [3.05, 3.63) is 75.1 Å². The molecule has 1 heterocycles. The minimum atomic E-state index is -0.483. The largest absolute Gasteiger partial charge is 0.497 e. The molecule has 0 bridgehead atoms. The molecule has 0 unspecified atom stereocenters. The number of ether oxygens (including phenoxy) is 1. The summed E-state index contributed by atoms with van der Waals surface area (Å²) in [6, 6.07) is 14.9. The summed E-state index contributed by atoms with van der Waals surface area (Å²) in [6.07, 6.45) is 0. The Morgan fingerprint density at radius 2 is 1.89 bits per heavy atom. The Morgan fingerprint density at radius 3 is 2.50 bits per heavy atom. The van der Waals surface area contributed by atoms with Gasteiger partial charge in [0.15, 0.2) is 0 Å². The summed E-state index contributed by atoms with van der Waals surface area (Å²) in [6.45, 7) is 2.58. The standard InChI is InChI=1S/C20H20N4O4/c1-4-22(2)19-13-18(14-6-5-7-17(12-14)28-3)21-23(20(19)25)15-8-10-16(11-9-15)24(26)27/h5-13H,4H2,1-3H3. The lowest BCUT2D eigenvalue weighted by Gasteiger charge is -2.18. The fourth-order valence-corrected chi connectivity index (χ4v) is 2.74. The molecule has 0 amide bonds. The highest BCUT2D eigenvalue weighted by Gasteiger charge is 2.15. The maximum atomic E-state index is 13.0. The van der Waals surface area contributed by atoms with Crippen molar-refractivity contribution in [2.75, 3.05) is 25.6 Å². The SMILES string of the molecule is CCN(C)c1cc(-c2cccc(OC)c2)nn(-c2ccc([N+](=O)[O-])cc2)c1=O. The molecule has 144 valence electrons. The normalized spacial score (nSPS) is 10.5. The molecule has 0 saturated carbocycles. The van der Waals surface area contributed by atoms with Crippen molar-refractivity contribution < 1.29 is 9.66 Å². The summed E-state index contributed by atoms with van der Waals surface area (Å²) >= 11 is 0. The second-order valence-corrected chi connectivity index (χ2v) is 6.15. The molecule has 2 aromatic carbocycles. The Bertz CT molecular complexity index is 1060. The molecule has 0 fully saturated rings. The van der Waals surface area contributed by atoms with Gasteiger partial charge in [-0.2, -0.15) is 9.78 Å². The summed E-state index contributed by atoms with van der Waals surface area (Å²) in [5.74, 6) is 0.679. The zero-order chi connectivity index (χ0) is 20.3. The molecule has 0 aliphatic carbocycles. The van der Waals surface area contributed by atoms with Crippen molar-refractivity contribution >= 4 is 11.4 Å². The Hall–Kier alpha value is -3.68. The Morgan fingerprint density at radius 1 is 1.18 bits per heavy atom. The highest BCUT2D eigenvalue weighted by atomic mass is 16.6. The van der Waals surface area contributed by atoms with Crippen LogP contribution in [0, 0.1) is 10.1 Å². The summed E-state index contributed by atoms with van der Waals surface area (Å²) < 4.78 is 6.54. The number of nitrogens with zero attached hydrogens (tertiary/aromatic N) is 4. The molecule has 0 radical (unpaired) electrons. The van der Waals surface area contributed by atoms with Gasteiger partial charge in [-0.15, -0.1) is 0 Å². The van der Waals surface area contributed by atoms with Gasteiger partial charge in [-0.3, -0.25) is 14.9 Å². The van der Waals surface area contributed by atoms with Crippen LogP contribution in [0.2, 0.25) is 0 Å². The molecule has 28 heavy (non-hydrogen) atoms. The fraction of sp³-hybridized carbons (Fsp3) is 0.200. The molecule has 0 N–H and O–H groups in total. The number of anilines is 1. The molecule has 0 spiro atoms. The van der Waals surface area contributed by atoms with Crippen molar-refractivity contribution in [1.82, 2.24) is 9.78 Å². The summed E-state index contributed by atoms with van der Waals surface area (Å²) in [5.41, 5.74) is 1.96. The van der Waals surface area contributed by atoms with Gasteiger partial charge in [0.2, 0.25) is 0 Å². The van der Waals surface area contributed by atoms with Gasteiger partial charge in [-0.05, 0) is 37.3 Å². The molecule has 0 atom stereocenters. The smallest absolute Gasteiger partial charge is 0.295 e. The number of methoxy groups -OCH3 is 1. The Labute approximate surface area is 161 Å². The zero-order valence-electron chi connectivity index (χ0n) is 15.8. The molecule has 0 aliphatic rings. The molecule has 3 rings (SSSR count). The number of benzene rings is 2. The lowest BCUT2D eigenvalue weighted by Crippen LogP contribution is -2.30. The zero-order valence-corrected chi connectivity index (χ0v) is 15.8. The van der Waals surface area contributed by atoms with Gasteiger partial charge in [-0.25, -0.2) is 0 Å². The first-order valence-corrected chi connectivity index (χ1v) is 8.69. The van der Waals surface area contributed by atoms with E-state index in [1.54, 1.807) is 13.2 Å². The average molecular weight is 380 g/mol. The molecule has 1 aromatic heterocycles. The summed E-state index contributed by atoms with van der Waals surface area (Å²) in [7, 11) is 3.41. The average Bonchev–Trinajstić information content (AvgIpc) is 2.73. The van der Waals surface area contributed by atoms with Crippen molar-refractivity contribution in [3.63, 3.8) is 0 Å². The predicted octanol–water partition coefficient (Wildman–Crippen LogP) is 3.27. The van der Waals surface area contributed by atoms with Crippen LogP contribution >= 0.6 is 0 Å². The number of nitro groups is 1. The lowest BCUT2D eigenvalue weighted by molar-refractivity contribution is -0.384. The van der Waals surface area contributed by atoms with E-state index in [0.717, 1.165) is 5.56 Å². The van der Waals surface area contributed by atoms with Crippen LogP contribution in [-0.4, -0.2) is 35.4 Å². The third-order valence-corrected chi connectivity index (χ3v) is 4.45. The van der Waals surface area contributed by atoms with Gasteiger partial charge in [-0.1, -0.05) is 12.1 Å². The number of non-ortho nitro benzene ring substituents is 1. The van der Waals surface area contributed by atoms with E-state index in [9.17, 15) is 14.9 Å². The van der Waals surface area contributed by atoms with Crippen molar-refractivity contribution in [2.45, 2.75) is 6.92 Å². The van der Waals surface area contributed by atoms with Crippen molar-refractivity contribution in [2.24, 2.45) is 0 Å². The molecular weight excluding hydrogens is 360 g/mol. The first-order chi connectivity index (χ1) is 13.4. The molecule has 8 nitrogen and oxygen atoms in total. The molecule has 3 aromatic rings. The topological polar surface area (TPSA) is 90.5 Å². The lowest BCUT2D eigenvalue weighted by atomic mass is 10.1. The highest BCUT2D eigenvalue weighted by molar-refractivity contribution is 5.65. The van der Waals surface area contributed by atoms with Gasteiger partial charge in [0.05, 0.1) is 23.4 Å². The van der Waals surface area contributed by atoms with Gasteiger partial charge in [0, 0.05) is 31.3 Å². The van der Waals surface area contributed by atoms with E-state index in [1.807, 2.05) is 43.1 Å². The van der Waals surface area contributed by atoms with E-state index < -0.39 is 4.92 Å². The number of hydrogen-bond donors (Lipinski definition) is 0. The third kappa shape index (κ3) is 3.71. The summed E-state index contributed by atoms with van der Waals surface area (Å²) in [4.78, 5) is 25.2. The van der Waals surface area contributed by atoms with Crippen LogP contribution in [0.4, 0.5) is 11.4 Å². The number of hydrogen-bond acceptors (Lipinski definition) is 6. The first-order valence-electron chi connectivity index (χ1n) is 8.69. The quantitative estimate of drug-likeness (QED) is 0.481. The van der Waals surface area contributed by atoms with E-state index in [2.05, 4.69) is 5.10 Å². The molecule has 0 saturated heterocycles. The monoisotopic (exact) mass is 380 g/mol. The van der Waals surface area contributed by atoms with E-state index in [0.29, 0.717) is 29.4 Å². The van der Waals surface area contributed by atoms with E-state index in [4.69, 9.17) is 4.74 Å². The maximum Gasteiger partial charge on any atom is 0.295 e. The molecule has 8 heteroatoms. The van der Waals surface area contributed by atoms with E-state index in [-0.39, 0.29) is 11.2 Å². The van der Waals surface area contributed by atoms with Crippen LogP contribution in [0.3, 0.4) is 0 Å². The Kier molecular flexibility index (Phi) is 5.39. The molecular formula is C20H20N4O4. The highest BCUT2D eigenvalue weighted by Crippen LogP contribution is 2.24. The first kappa shape index (κ1) is 19.1. The third-order valence-electron chi connectivity index (χ3n) is 4.45. The fourth-order valence-electron chi connectivity index (χ4n) is 2.74. The van der Waals surface area contributed by atoms with Crippen LogP contribution < -0.4 is 15.2 Å². The van der Waals surface area contributed by atoms with Crippen molar-refractivity contribution in [3.8, 4) is 22.7 Å². The summed E-state index contributed by atoms with van der Waals surface area (Å²) in [5, 5.41) is 15.4. The van der Waals surface area contributed by atoms with Crippen LogP contribution in [-0.2, 0) is 0 Å².